The van der Waals surface area contributed by atoms with E-state index in [1.54, 1.807) is 0 Å². The summed E-state index contributed by atoms with van der Waals surface area (Å²) in [4.78, 5) is 14.2. The van der Waals surface area contributed by atoms with Gasteiger partial charge in [0, 0.05) is 11.6 Å². The number of anilines is 1. The fourth-order valence-electron chi connectivity index (χ4n) is 1.16. The highest BCUT2D eigenvalue weighted by Gasteiger charge is 2.17. The number of fused-ring (bicyclic) bond motifs is 1. The summed E-state index contributed by atoms with van der Waals surface area (Å²) in [6, 6.07) is 0. The Balaban J connectivity index is 2.86. The molecule has 0 aliphatic heterocycles. The third-order valence-corrected chi connectivity index (χ3v) is 3.00. The molecule has 0 amide bonds. The minimum atomic E-state index is -1.15. The van der Waals surface area contributed by atoms with Crippen LogP contribution in [-0.4, -0.2) is 16.1 Å². The fraction of sp³-hybridized carbons (Fsp3) is 0. The molecule has 2 rings (SSSR count). The molecular formula is C8H5FN2O2S. The standard InChI is InChI=1S/C8H5FN2O2S/c9-4-2-11-1-3-5(10)7(8(12)13)14-6(3)4/h1-2H,10H2,(H,12,13). The lowest BCUT2D eigenvalue weighted by atomic mass is 10.2. The van der Waals surface area contributed by atoms with Gasteiger partial charge in [0.15, 0.2) is 5.82 Å². The van der Waals surface area contributed by atoms with E-state index in [2.05, 4.69) is 4.98 Å². The summed E-state index contributed by atoms with van der Waals surface area (Å²) in [5, 5.41) is 9.10. The van der Waals surface area contributed by atoms with E-state index in [9.17, 15) is 9.18 Å². The Hall–Kier alpha value is -1.69. The van der Waals surface area contributed by atoms with E-state index in [0.29, 0.717) is 5.39 Å². The molecule has 6 heteroatoms. The Labute approximate surface area is 81.8 Å². The first-order chi connectivity index (χ1) is 6.61. The molecule has 2 heterocycles. The van der Waals surface area contributed by atoms with Gasteiger partial charge in [-0.05, 0) is 0 Å². The molecule has 0 unspecified atom stereocenters. The number of carboxylic acids is 1. The Bertz CT molecular complexity index is 523. The van der Waals surface area contributed by atoms with Crippen LogP contribution in [0.5, 0.6) is 0 Å². The second-order valence-corrected chi connectivity index (χ2v) is 3.67. The molecule has 0 saturated heterocycles. The van der Waals surface area contributed by atoms with Crippen LogP contribution in [0.3, 0.4) is 0 Å². The molecule has 0 spiro atoms. The number of rotatable bonds is 1. The van der Waals surface area contributed by atoms with Crippen LogP contribution >= 0.6 is 11.3 Å². The highest BCUT2D eigenvalue weighted by atomic mass is 32.1. The molecule has 4 nitrogen and oxygen atoms in total. The summed E-state index contributed by atoms with van der Waals surface area (Å²) in [5.41, 5.74) is 5.61. The van der Waals surface area contributed by atoms with Gasteiger partial charge in [-0.2, -0.15) is 0 Å². The number of halogens is 1. The minimum Gasteiger partial charge on any atom is -0.477 e. The Morgan fingerprint density at radius 2 is 2.29 bits per heavy atom. The molecule has 0 atom stereocenters. The van der Waals surface area contributed by atoms with Gasteiger partial charge in [-0.3, -0.25) is 4.98 Å². The lowest BCUT2D eigenvalue weighted by Crippen LogP contribution is -1.97. The minimum absolute atomic E-state index is 0.0492. The van der Waals surface area contributed by atoms with Gasteiger partial charge in [0.25, 0.3) is 0 Å². The summed E-state index contributed by atoms with van der Waals surface area (Å²) >= 11 is 0.819. The molecule has 0 saturated carbocycles. The number of nitrogens with zero attached hydrogens (tertiary/aromatic N) is 1. The van der Waals surface area contributed by atoms with Crippen molar-refractivity contribution >= 4 is 33.1 Å². The largest absolute Gasteiger partial charge is 0.477 e. The van der Waals surface area contributed by atoms with Crippen LogP contribution in [0.1, 0.15) is 9.67 Å². The van der Waals surface area contributed by atoms with E-state index >= 15 is 0 Å². The predicted molar refractivity (Wildman–Crippen MR) is 50.9 cm³/mol. The Morgan fingerprint density at radius 3 is 2.86 bits per heavy atom. The molecule has 0 aliphatic carbocycles. The first-order valence-corrected chi connectivity index (χ1v) is 4.47. The van der Waals surface area contributed by atoms with Crippen LogP contribution in [-0.2, 0) is 0 Å². The molecule has 14 heavy (non-hydrogen) atoms. The molecule has 0 fully saturated rings. The number of aromatic nitrogens is 1. The molecule has 3 N–H and O–H groups in total. The molecule has 0 radical (unpaired) electrons. The highest BCUT2D eigenvalue weighted by Crippen LogP contribution is 2.34. The van der Waals surface area contributed by atoms with Crippen molar-refractivity contribution in [2.24, 2.45) is 0 Å². The summed E-state index contributed by atoms with van der Waals surface area (Å²) in [5.74, 6) is -1.70. The van der Waals surface area contributed by atoms with Crippen molar-refractivity contribution in [1.82, 2.24) is 4.98 Å². The topological polar surface area (TPSA) is 76.2 Å². The van der Waals surface area contributed by atoms with Gasteiger partial charge in [0.05, 0.1) is 16.6 Å². The van der Waals surface area contributed by atoms with Crippen molar-refractivity contribution in [3.05, 3.63) is 23.1 Å². The van der Waals surface area contributed by atoms with Gasteiger partial charge in [0.1, 0.15) is 4.88 Å². The molecule has 0 bridgehead atoms. The van der Waals surface area contributed by atoms with E-state index < -0.39 is 11.8 Å². The normalized spacial score (nSPS) is 10.6. The first kappa shape index (κ1) is 8.89. The van der Waals surface area contributed by atoms with E-state index in [1.165, 1.54) is 6.20 Å². The van der Waals surface area contributed by atoms with Gasteiger partial charge in [0.2, 0.25) is 0 Å². The smallest absolute Gasteiger partial charge is 0.348 e. The number of nitrogens with two attached hydrogens (primary N) is 1. The molecule has 2 aromatic heterocycles. The Morgan fingerprint density at radius 1 is 1.57 bits per heavy atom. The van der Waals surface area contributed by atoms with E-state index in [4.69, 9.17) is 10.8 Å². The second kappa shape index (κ2) is 2.91. The van der Waals surface area contributed by atoms with Crippen molar-refractivity contribution in [2.75, 3.05) is 5.73 Å². The maximum absolute atomic E-state index is 13.1. The average molecular weight is 212 g/mol. The van der Waals surface area contributed by atoms with Crippen molar-refractivity contribution in [1.29, 1.82) is 0 Å². The molecular weight excluding hydrogens is 207 g/mol. The maximum Gasteiger partial charge on any atom is 0.348 e. The van der Waals surface area contributed by atoms with Gasteiger partial charge < -0.3 is 10.8 Å². The predicted octanol–water partition coefficient (Wildman–Crippen LogP) is 1.72. The zero-order valence-corrected chi connectivity index (χ0v) is 7.64. The van der Waals surface area contributed by atoms with Crippen molar-refractivity contribution in [3.8, 4) is 0 Å². The summed E-state index contributed by atoms with van der Waals surface area (Å²) in [7, 11) is 0. The summed E-state index contributed by atoms with van der Waals surface area (Å²) in [6.07, 6.45) is 2.39. The fourth-order valence-corrected chi connectivity index (χ4v) is 2.09. The third kappa shape index (κ3) is 1.12. The molecule has 72 valence electrons. The lowest BCUT2D eigenvalue weighted by molar-refractivity contribution is 0.0703. The summed E-state index contributed by atoms with van der Waals surface area (Å²) in [6.45, 7) is 0. The van der Waals surface area contributed by atoms with E-state index in [1.807, 2.05) is 0 Å². The summed E-state index contributed by atoms with van der Waals surface area (Å²) < 4.78 is 13.4. The Kier molecular flexibility index (Phi) is 1.85. The number of aromatic carboxylic acids is 1. The first-order valence-electron chi connectivity index (χ1n) is 3.66. The van der Waals surface area contributed by atoms with Gasteiger partial charge in [-0.15, -0.1) is 11.3 Å². The van der Waals surface area contributed by atoms with Crippen LogP contribution in [0.4, 0.5) is 10.1 Å². The van der Waals surface area contributed by atoms with Crippen LogP contribution in [0.15, 0.2) is 12.4 Å². The number of nitrogen functional groups attached to an aromatic ring is 1. The van der Waals surface area contributed by atoms with E-state index in [0.717, 1.165) is 17.5 Å². The zero-order valence-electron chi connectivity index (χ0n) is 6.82. The monoisotopic (exact) mass is 212 g/mol. The van der Waals surface area contributed by atoms with Crippen LogP contribution in [0.25, 0.3) is 10.1 Å². The highest BCUT2D eigenvalue weighted by molar-refractivity contribution is 7.21. The maximum atomic E-state index is 13.1. The quantitative estimate of drug-likeness (QED) is 0.754. The third-order valence-electron chi connectivity index (χ3n) is 1.79. The van der Waals surface area contributed by atoms with Crippen LogP contribution in [0.2, 0.25) is 0 Å². The number of thiophene rings is 1. The number of carbonyl (C=O) groups is 1. The van der Waals surface area contributed by atoms with E-state index in [-0.39, 0.29) is 15.3 Å². The van der Waals surface area contributed by atoms with Gasteiger partial charge in [-0.1, -0.05) is 0 Å². The average Bonchev–Trinajstić information content (AvgIpc) is 2.46. The molecule has 0 aromatic carbocycles. The molecule has 2 aromatic rings. The number of hydrogen-bond acceptors (Lipinski definition) is 4. The SMILES string of the molecule is Nc1c(C(=O)O)sc2c(F)cncc12. The molecule has 0 aliphatic rings. The number of carboxylic acid groups (broad SMARTS) is 1. The lowest BCUT2D eigenvalue weighted by Gasteiger charge is -1.91. The van der Waals surface area contributed by atoms with Crippen molar-refractivity contribution in [2.45, 2.75) is 0 Å². The van der Waals surface area contributed by atoms with Gasteiger partial charge in [-0.25, -0.2) is 9.18 Å². The second-order valence-electron chi connectivity index (χ2n) is 2.65. The number of pyridine rings is 1. The van der Waals surface area contributed by atoms with Crippen molar-refractivity contribution in [3.63, 3.8) is 0 Å². The van der Waals surface area contributed by atoms with Gasteiger partial charge >= 0.3 is 5.97 Å². The zero-order chi connectivity index (χ0) is 10.3. The van der Waals surface area contributed by atoms with Crippen LogP contribution in [0, 0.1) is 5.82 Å². The number of hydrogen-bond donors (Lipinski definition) is 2. The van der Waals surface area contributed by atoms with Crippen molar-refractivity contribution < 1.29 is 14.3 Å². The van der Waals surface area contributed by atoms with Crippen LogP contribution < -0.4 is 5.73 Å².